The first-order valence-electron chi connectivity index (χ1n) is 3.96. The lowest BCUT2D eigenvalue weighted by atomic mass is 10.4. The van der Waals surface area contributed by atoms with Gasteiger partial charge >= 0.3 is 0 Å². The molecule has 0 aromatic carbocycles. The molecular weight excluding hydrogens is 124 g/mol. The van der Waals surface area contributed by atoms with E-state index in [4.69, 9.17) is 0 Å². The Hall–Kier alpha value is -0.0800. The molecule has 0 radical (unpaired) electrons. The highest BCUT2D eigenvalue weighted by Gasteiger charge is 2.03. The monoisotopic (exact) mass is 144 g/mol. The minimum Gasteiger partial charge on any atom is -0.294 e. The van der Waals surface area contributed by atoms with Crippen LogP contribution in [0.15, 0.2) is 0 Å². The molecule has 2 heteroatoms. The molecule has 10 heavy (non-hydrogen) atoms. The molecule has 0 rings (SSSR count). The van der Waals surface area contributed by atoms with Crippen LogP contribution in [0.4, 0.5) is 0 Å². The SMILES string of the molecule is CCN(C)CN(C)C(C)C. The van der Waals surface area contributed by atoms with Crippen molar-refractivity contribution in [2.75, 3.05) is 27.3 Å². The Morgan fingerprint density at radius 3 is 2.00 bits per heavy atom. The number of hydrogen-bond acceptors (Lipinski definition) is 2. The van der Waals surface area contributed by atoms with Crippen LogP contribution in [0, 0.1) is 0 Å². The van der Waals surface area contributed by atoms with Crippen molar-refractivity contribution in [2.45, 2.75) is 26.8 Å². The molecule has 0 spiro atoms. The molecule has 0 fully saturated rings. The van der Waals surface area contributed by atoms with Gasteiger partial charge in [0.25, 0.3) is 0 Å². The Labute approximate surface area is 64.8 Å². The summed E-state index contributed by atoms with van der Waals surface area (Å²) in [6, 6.07) is 0.647. The zero-order valence-corrected chi connectivity index (χ0v) is 7.89. The first kappa shape index (κ1) is 9.92. The Balaban J connectivity index is 3.46. The quantitative estimate of drug-likeness (QED) is 0.548. The van der Waals surface area contributed by atoms with E-state index in [1.165, 1.54) is 0 Å². The largest absolute Gasteiger partial charge is 0.294 e. The molecule has 0 saturated heterocycles. The van der Waals surface area contributed by atoms with Gasteiger partial charge in [0.05, 0.1) is 6.67 Å². The summed E-state index contributed by atoms with van der Waals surface area (Å²) in [4.78, 5) is 4.61. The van der Waals surface area contributed by atoms with E-state index in [1.807, 2.05) is 0 Å². The summed E-state index contributed by atoms with van der Waals surface area (Å²) in [6.07, 6.45) is 0. The molecular formula is C8H20N2. The van der Waals surface area contributed by atoms with Gasteiger partial charge in [0.15, 0.2) is 0 Å². The third-order valence-electron chi connectivity index (χ3n) is 1.89. The molecule has 2 nitrogen and oxygen atoms in total. The molecule has 0 aliphatic heterocycles. The van der Waals surface area contributed by atoms with Crippen molar-refractivity contribution < 1.29 is 0 Å². The highest BCUT2D eigenvalue weighted by Crippen LogP contribution is 1.94. The summed E-state index contributed by atoms with van der Waals surface area (Å²) in [7, 11) is 4.29. The van der Waals surface area contributed by atoms with Gasteiger partial charge < -0.3 is 0 Å². The van der Waals surface area contributed by atoms with Gasteiger partial charge in [-0.1, -0.05) is 6.92 Å². The van der Waals surface area contributed by atoms with E-state index in [0.717, 1.165) is 13.2 Å². The summed E-state index contributed by atoms with van der Waals surface area (Å²) < 4.78 is 0. The van der Waals surface area contributed by atoms with Gasteiger partial charge in [-0.3, -0.25) is 9.80 Å². The Bertz CT molecular complexity index is 81.3. The summed E-state index contributed by atoms with van der Waals surface area (Å²) >= 11 is 0. The predicted molar refractivity (Wildman–Crippen MR) is 46.1 cm³/mol. The lowest BCUT2D eigenvalue weighted by Gasteiger charge is -2.26. The van der Waals surface area contributed by atoms with E-state index in [-0.39, 0.29) is 0 Å². The average Bonchev–Trinajstić information content (AvgIpc) is 1.87. The van der Waals surface area contributed by atoms with Crippen LogP contribution in [0.3, 0.4) is 0 Å². The van der Waals surface area contributed by atoms with Gasteiger partial charge in [-0.15, -0.1) is 0 Å². The van der Waals surface area contributed by atoms with E-state index < -0.39 is 0 Å². The van der Waals surface area contributed by atoms with E-state index in [1.54, 1.807) is 0 Å². The van der Waals surface area contributed by atoms with Crippen molar-refractivity contribution in [3.8, 4) is 0 Å². The van der Waals surface area contributed by atoms with Crippen LogP contribution in [-0.4, -0.2) is 43.2 Å². The van der Waals surface area contributed by atoms with Crippen LogP contribution in [0.1, 0.15) is 20.8 Å². The minimum absolute atomic E-state index is 0.647. The summed E-state index contributed by atoms with van der Waals surface area (Å²) in [6.45, 7) is 8.78. The first-order valence-corrected chi connectivity index (χ1v) is 3.96. The molecule has 0 heterocycles. The Morgan fingerprint density at radius 1 is 1.20 bits per heavy atom. The van der Waals surface area contributed by atoms with Crippen molar-refractivity contribution in [3.05, 3.63) is 0 Å². The molecule has 0 unspecified atom stereocenters. The zero-order chi connectivity index (χ0) is 8.15. The summed E-state index contributed by atoms with van der Waals surface area (Å²) in [5, 5.41) is 0. The summed E-state index contributed by atoms with van der Waals surface area (Å²) in [5.74, 6) is 0. The fourth-order valence-corrected chi connectivity index (χ4v) is 0.644. The lowest BCUT2D eigenvalue weighted by molar-refractivity contribution is 0.159. The van der Waals surface area contributed by atoms with Crippen molar-refractivity contribution in [3.63, 3.8) is 0 Å². The van der Waals surface area contributed by atoms with Crippen LogP contribution >= 0.6 is 0 Å². The van der Waals surface area contributed by atoms with Gasteiger partial charge in [-0.25, -0.2) is 0 Å². The Kier molecular flexibility index (Phi) is 4.65. The molecule has 0 aliphatic carbocycles. The molecule has 0 bridgehead atoms. The molecule has 62 valence electrons. The third-order valence-corrected chi connectivity index (χ3v) is 1.89. The molecule has 0 aromatic rings. The zero-order valence-electron chi connectivity index (χ0n) is 7.89. The number of rotatable bonds is 4. The standard InChI is InChI=1S/C8H20N2/c1-6-9(4)7-10(5)8(2)3/h8H,6-7H2,1-5H3. The van der Waals surface area contributed by atoms with E-state index >= 15 is 0 Å². The fraction of sp³-hybridized carbons (Fsp3) is 1.00. The first-order chi connectivity index (χ1) is 4.57. The minimum atomic E-state index is 0.647. The van der Waals surface area contributed by atoms with Gasteiger partial charge in [-0.05, 0) is 34.5 Å². The maximum Gasteiger partial charge on any atom is 0.0502 e. The lowest BCUT2D eigenvalue weighted by Crippen LogP contribution is -2.36. The van der Waals surface area contributed by atoms with Crippen molar-refractivity contribution in [2.24, 2.45) is 0 Å². The molecule has 0 saturated carbocycles. The van der Waals surface area contributed by atoms with Gasteiger partial charge in [0.2, 0.25) is 0 Å². The highest BCUT2D eigenvalue weighted by molar-refractivity contribution is 4.55. The molecule has 0 atom stereocenters. The van der Waals surface area contributed by atoms with Crippen LogP contribution in [0.25, 0.3) is 0 Å². The van der Waals surface area contributed by atoms with Gasteiger partial charge in [0.1, 0.15) is 0 Å². The maximum absolute atomic E-state index is 2.32. The highest BCUT2D eigenvalue weighted by atomic mass is 15.3. The van der Waals surface area contributed by atoms with Crippen LogP contribution in [-0.2, 0) is 0 Å². The van der Waals surface area contributed by atoms with Gasteiger partial charge in [-0.2, -0.15) is 0 Å². The van der Waals surface area contributed by atoms with Crippen LogP contribution in [0.2, 0.25) is 0 Å². The molecule has 0 amide bonds. The van der Waals surface area contributed by atoms with Crippen LogP contribution in [0.5, 0.6) is 0 Å². The van der Waals surface area contributed by atoms with E-state index in [9.17, 15) is 0 Å². The predicted octanol–water partition coefficient (Wildman–Crippen LogP) is 1.24. The molecule has 0 N–H and O–H groups in total. The Morgan fingerprint density at radius 2 is 1.70 bits per heavy atom. The normalized spacial score (nSPS) is 12.0. The average molecular weight is 144 g/mol. The second kappa shape index (κ2) is 4.69. The molecule has 0 aromatic heterocycles. The number of hydrogen-bond donors (Lipinski definition) is 0. The second-order valence-corrected chi connectivity index (χ2v) is 3.16. The van der Waals surface area contributed by atoms with Crippen molar-refractivity contribution >= 4 is 0 Å². The second-order valence-electron chi connectivity index (χ2n) is 3.16. The summed E-state index contributed by atoms with van der Waals surface area (Å²) in [5.41, 5.74) is 0. The van der Waals surface area contributed by atoms with Gasteiger partial charge in [0, 0.05) is 6.04 Å². The van der Waals surface area contributed by atoms with Crippen LogP contribution < -0.4 is 0 Å². The van der Waals surface area contributed by atoms with E-state index in [0.29, 0.717) is 6.04 Å². The molecule has 0 aliphatic rings. The number of nitrogens with zero attached hydrogens (tertiary/aromatic N) is 2. The van der Waals surface area contributed by atoms with Crippen molar-refractivity contribution in [1.82, 2.24) is 9.80 Å². The van der Waals surface area contributed by atoms with E-state index in [2.05, 4.69) is 44.7 Å². The third kappa shape index (κ3) is 3.85. The van der Waals surface area contributed by atoms with Crippen molar-refractivity contribution in [1.29, 1.82) is 0 Å². The smallest absolute Gasteiger partial charge is 0.0502 e. The maximum atomic E-state index is 2.32. The topological polar surface area (TPSA) is 6.48 Å². The fourth-order valence-electron chi connectivity index (χ4n) is 0.644.